The third-order valence-electron chi connectivity index (χ3n) is 2.37. The highest BCUT2D eigenvalue weighted by atomic mass is 19.1. The molecule has 1 aromatic rings. The average molecular weight is 241 g/mol. The van der Waals surface area contributed by atoms with Crippen LogP contribution in [0.2, 0.25) is 0 Å². The number of hydrogen-bond acceptors (Lipinski definition) is 3. The highest BCUT2D eigenvalue weighted by Crippen LogP contribution is 2.07. The topological polar surface area (TPSA) is 30.5 Å². The highest BCUT2D eigenvalue weighted by molar-refractivity contribution is 5.16. The number of ether oxygens (including phenoxy) is 2. The first-order valence-corrected chi connectivity index (χ1v) is 5.77. The minimum atomic E-state index is -0.215. The molecule has 0 spiro atoms. The van der Waals surface area contributed by atoms with Crippen LogP contribution in [0.15, 0.2) is 24.3 Å². The summed E-state index contributed by atoms with van der Waals surface area (Å²) in [6.07, 6.45) is 0. The Morgan fingerprint density at radius 1 is 1.35 bits per heavy atom. The molecule has 96 valence electrons. The van der Waals surface area contributed by atoms with Gasteiger partial charge in [0, 0.05) is 25.3 Å². The van der Waals surface area contributed by atoms with Gasteiger partial charge in [0.1, 0.15) is 5.82 Å². The standard InChI is InChI=1S/C13H20FNO2/c1-11(9-16-2)15-7-8-17-10-12-5-3-4-6-13(12)14/h3-6,11,15H,7-10H2,1-2H3. The fourth-order valence-corrected chi connectivity index (χ4v) is 1.48. The molecule has 1 aromatic carbocycles. The fraction of sp³-hybridized carbons (Fsp3) is 0.538. The molecule has 0 aromatic heterocycles. The molecule has 0 aliphatic carbocycles. The Hall–Kier alpha value is -0.970. The molecule has 1 rings (SSSR count). The first-order valence-electron chi connectivity index (χ1n) is 5.77. The minimum Gasteiger partial charge on any atom is -0.383 e. The Morgan fingerprint density at radius 2 is 2.12 bits per heavy atom. The molecule has 0 amide bonds. The van der Waals surface area contributed by atoms with Crippen LogP contribution in [-0.2, 0) is 16.1 Å². The average Bonchev–Trinajstić information content (AvgIpc) is 2.31. The summed E-state index contributed by atoms with van der Waals surface area (Å²) in [5.74, 6) is -0.215. The van der Waals surface area contributed by atoms with E-state index in [2.05, 4.69) is 5.32 Å². The van der Waals surface area contributed by atoms with Crippen LogP contribution in [0.4, 0.5) is 4.39 Å². The van der Waals surface area contributed by atoms with Gasteiger partial charge in [-0.1, -0.05) is 18.2 Å². The lowest BCUT2D eigenvalue weighted by atomic mass is 10.2. The van der Waals surface area contributed by atoms with Gasteiger partial charge in [-0.05, 0) is 13.0 Å². The van der Waals surface area contributed by atoms with E-state index in [4.69, 9.17) is 9.47 Å². The molecule has 1 N–H and O–H groups in total. The minimum absolute atomic E-state index is 0.215. The van der Waals surface area contributed by atoms with Crippen molar-refractivity contribution in [2.24, 2.45) is 0 Å². The zero-order chi connectivity index (χ0) is 12.5. The molecule has 4 heteroatoms. The Morgan fingerprint density at radius 3 is 2.82 bits per heavy atom. The SMILES string of the molecule is COCC(C)NCCOCc1ccccc1F. The van der Waals surface area contributed by atoms with Crippen LogP contribution in [0, 0.1) is 5.82 Å². The lowest BCUT2D eigenvalue weighted by Crippen LogP contribution is -2.32. The van der Waals surface area contributed by atoms with Crippen LogP contribution in [0.25, 0.3) is 0 Å². The maximum atomic E-state index is 13.2. The molecule has 0 aliphatic rings. The van der Waals surface area contributed by atoms with Crippen molar-refractivity contribution in [3.05, 3.63) is 35.6 Å². The highest BCUT2D eigenvalue weighted by Gasteiger charge is 2.01. The second-order valence-electron chi connectivity index (χ2n) is 3.95. The van der Waals surface area contributed by atoms with Crippen molar-refractivity contribution in [3.8, 4) is 0 Å². The van der Waals surface area contributed by atoms with Gasteiger partial charge in [0.2, 0.25) is 0 Å². The molecule has 0 radical (unpaired) electrons. The van der Waals surface area contributed by atoms with Crippen molar-refractivity contribution in [2.75, 3.05) is 26.9 Å². The van der Waals surface area contributed by atoms with E-state index < -0.39 is 0 Å². The number of hydrogen-bond donors (Lipinski definition) is 1. The summed E-state index contributed by atoms with van der Waals surface area (Å²) in [6.45, 7) is 4.32. The second-order valence-corrected chi connectivity index (χ2v) is 3.95. The van der Waals surface area contributed by atoms with E-state index in [0.717, 1.165) is 6.54 Å². The first-order chi connectivity index (χ1) is 8.24. The van der Waals surface area contributed by atoms with Crippen molar-refractivity contribution in [1.29, 1.82) is 0 Å². The van der Waals surface area contributed by atoms with Gasteiger partial charge in [0.05, 0.1) is 19.8 Å². The van der Waals surface area contributed by atoms with Crippen LogP contribution < -0.4 is 5.32 Å². The molecule has 0 bridgehead atoms. The predicted molar refractivity (Wildman–Crippen MR) is 65.4 cm³/mol. The predicted octanol–water partition coefficient (Wildman–Crippen LogP) is 1.97. The van der Waals surface area contributed by atoms with Gasteiger partial charge < -0.3 is 14.8 Å². The molecule has 1 atom stereocenters. The van der Waals surface area contributed by atoms with E-state index in [1.807, 2.05) is 6.92 Å². The van der Waals surface area contributed by atoms with Gasteiger partial charge in [-0.25, -0.2) is 4.39 Å². The first kappa shape index (κ1) is 14.1. The maximum absolute atomic E-state index is 13.2. The summed E-state index contributed by atoms with van der Waals surface area (Å²) < 4.78 is 23.6. The van der Waals surface area contributed by atoms with Crippen molar-refractivity contribution in [2.45, 2.75) is 19.6 Å². The molecule has 3 nitrogen and oxygen atoms in total. The van der Waals surface area contributed by atoms with Gasteiger partial charge in [0.25, 0.3) is 0 Å². The lowest BCUT2D eigenvalue weighted by molar-refractivity contribution is 0.112. The summed E-state index contributed by atoms with van der Waals surface area (Å²) in [5, 5.41) is 3.24. The molecule has 0 aliphatic heterocycles. The maximum Gasteiger partial charge on any atom is 0.128 e. The van der Waals surface area contributed by atoms with E-state index in [1.165, 1.54) is 6.07 Å². The zero-order valence-electron chi connectivity index (χ0n) is 10.4. The Kier molecular flexibility index (Phi) is 6.77. The van der Waals surface area contributed by atoms with E-state index in [0.29, 0.717) is 31.4 Å². The second kappa shape index (κ2) is 8.17. The van der Waals surface area contributed by atoms with E-state index in [-0.39, 0.29) is 5.82 Å². The molecular formula is C13H20FNO2. The Labute approximate surface area is 102 Å². The molecule has 0 saturated carbocycles. The van der Waals surface area contributed by atoms with Crippen molar-refractivity contribution in [1.82, 2.24) is 5.32 Å². The van der Waals surface area contributed by atoms with Gasteiger partial charge in [-0.2, -0.15) is 0 Å². The Bertz CT molecular complexity index is 320. The summed E-state index contributed by atoms with van der Waals surface area (Å²) in [4.78, 5) is 0. The van der Waals surface area contributed by atoms with Gasteiger partial charge in [-0.3, -0.25) is 0 Å². The van der Waals surface area contributed by atoms with Gasteiger partial charge >= 0.3 is 0 Å². The third-order valence-corrected chi connectivity index (χ3v) is 2.37. The van der Waals surface area contributed by atoms with Crippen LogP contribution >= 0.6 is 0 Å². The monoisotopic (exact) mass is 241 g/mol. The van der Waals surface area contributed by atoms with E-state index >= 15 is 0 Å². The number of methoxy groups -OCH3 is 1. The quantitative estimate of drug-likeness (QED) is 0.706. The summed E-state index contributed by atoms with van der Waals surface area (Å²) in [7, 11) is 1.67. The number of rotatable bonds is 8. The lowest BCUT2D eigenvalue weighted by Gasteiger charge is -2.12. The van der Waals surface area contributed by atoms with Gasteiger partial charge in [0.15, 0.2) is 0 Å². The number of halogens is 1. The Balaban J connectivity index is 2.10. The van der Waals surface area contributed by atoms with E-state index in [1.54, 1.807) is 25.3 Å². The molecule has 0 saturated heterocycles. The number of nitrogens with one attached hydrogen (secondary N) is 1. The van der Waals surface area contributed by atoms with Crippen LogP contribution in [-0.4, -0.2) is 32.9 Å². The zero-order valence-corrected chi connectivity index (χ0v) is 10.4. The molecule has 0 heterocycles. The molecular weight excluding hydrogens is 221 g/mol. The van der Waals surface area contributed by atoms with Crippen LogP contribution in [0.5, 0.6) is 0 Å². The fourth-order valence-electron chi connectivity index (χ4n) is 1.48. The van der Waals surface area contributed by atoms with Crippen molar-refractivity contribution < 1.29 is 13.9 Å². The summed E-state index contributed by atoms with van der Waals surface area (Å²) in [6, 6.07) is 6.96. The normalized spacial score (nSPS) is 12.6. The number of benzene rings is 1. The van der Waals surface area contributed by atoms with Gasteiger partial charge in [-0.15, -0.1) is 0 Å². The van der Waals surface area contributed by atoms with Crippen LogP contribution in [0.3, 0.4) is 0 Å². The van der Waals surface area contributed by atoms with Crippen molar-refractivity contribution in [3.63, 3.8) is 0 Å². The smallest absolute Gasteiger partial charge is 0.128 e. The third kappa shape index (κ3) is 5.77. The molecule has 1 unspecified atom stereocenters. The summed E-state index contributed by atoms with van der Waals surface area (Å²) in [5.41, 5.74) is 0.595. The van der Waals surface area contributed by atoms with Crippen LogP contribution in [0.1, 0.15) is 12.5 Å². The summed E-state index contributed by atoms with van der Waals surface area (Å²) >= 11 is 0. The van der Waals surface area contributed by atoms with E-state index in [9.17, 15) is 4.39 Å². The largest absolute Gasteiger partial charge is 0.383 e. The molecule has 0 fully saturated rings. The molecule has 17 heavy (non-hydrogen) atoms. The van der Waals surface area contributed by atoms with Crippen molar-refractivity contribution >= 4 is 0 Å².